The monoisotopic (exact) mass is 490 g/mol. The molecule has 0 radical (unpaired) electrons. The predicted octanol–water partition coefficient (Wildman–Crippen LogP) is 3.67. The summed E-state index contributed by atoms with van der Waals surface area (Å²) in [5, 5.41) is 3.11. The minimum absolute atomic E-state index is 0.134. The van der Waals surface area contributed by atoms with Gasteiger partial charge >= 0.3 is 5.97 Å². The van der Waals surface area contributed by atoms with Gasteiger partial charge in [0.1, 0.15) is 11.6 Å². The van der Waals surface area contributed by atoms with Crippen LogP contribution in [-0.2, 0) is 16.0 Å². The van der Waals surface area contributed by atoms with Crippen molar-refractivity contribution in [3.8, 4) is 5.69 Å². The van der Waals surface area contributed by atoms with Gasteiger partial charge in [0.25, 0.3) is 11.5 Å². The molecule has 0 bridgehead atoms. The van der Waals surface area contributed by atoms with Crippen LogP contribution in [0.1, 0.15) is 53.1 Å². The average molecular weight is 491 g/mol. The van der Waals surface area contributed by atoms with E-state index in [-0.39, 0.29) is 16.8 Å². The first-order valence-electron chi connectivity index (χ1n) is 10.5. The number of Topliss-reactive ketones (excluding diaryl/α,β-unsaturated/α-hetero) is 1. The van der Waals surface area contributed by atoms with E-state index in [0.717, 1.165) is 0 Å². The summed E-state index contributed by atoms with van der Waals surface area (Å²) in [5.74, 6) is -0.830. The summed E-state index contributed by atoms with van der Waals surface area (Å²) in [6.07, 6.45) is 3.03. The zero-order valence-electron chi connectivity index (χ0n) is 19.1. The van der Waals surface area contributed by atoms with Gasteiger partial charge in [-0.05, 0) is 60.6 Å². The van der Waals surface area contributed by atoms with Gasteiger partial charge in [0.2, 0.25) is 0 Å². The summed E-state index contributed by atoms with van der Waals surface area (Å²) >= 11 is 7.55. The first-order valence-corrected chi connectivity index (χ1v) is 12.3. The Hall–Kier alpha value is -2.58. The molecule has 2 aromatic rings. The molecule has 1 aliphatic rings. The van der Waals surface area contributed by atoms with Gasteiger partial charge in [-0.25, -0.2) is 4.79 Å². The zero-order valence-corrected chi connectivity index (χ0v) is 20.6. The van der Waals surface area contributed by atoms with E-state index in [9.17, 15) is 19.2 Å². The number of hydrogen-bond donors (Lipinski definition) is 1. The van der Waals surface area contributed by atoms with Crippen LogP contribution < -0.4 is 10.9 Å². The Kier molecular flexibility index (Phi) is 7.69. The number of fused-ring (bicyclic) bond motifs is 1. The number of benzene rings is 1. The molecule has 176 valence electrons. The molecule has 1 aromatic heterocycles. The van der Waals surface area contributed by atoms with E-state index < -0.39 is 23.5 Å². The molecule has 1 heterocycles. The van der Waals surface area contributed by atoms with E-state index in [2.05, 4.69) is 5.32 Å². The van der Waals surface area contributed by atoms with Gasteiger partial charge < -0.3 is 10.1 Å². The number of hydrogen-bond acceptors (Lipinski definition) is 6. The fourth-order valence-electron chi connectivity index (χ4n) is 4.00. The summed E-state index contributed by atoms with van der Waals surface area (Å²) in [4.78, 5) is 51.9. The molecule has 1 amide bonds. The number of ether oxygens (including phenoxy) is 1. The molecule has 0 fully saturated rings. The van der Waals surface area contributed by atoms with Crippen molar-refractivity contribution in [3.05, 3.63) is 62.5 Å². The Bertz CT molecular complexity index is 1140. The molecule has 7 nitrogen and oxygen atoms in total. The Labute approximate surface area is 201 Å². The highest BCUT2D eigenvalue weighted by atomic mass is 35.5. The van der Waals surface area contributed by atoms with Crippen molar-refractivity contribution in [2.45, 2.75) is 39.2 Å². The smallest absolute Gasteiger partial charge is 0.328 e. The van der Waals surface area contributed by atoms with Gasteiger partial charge in [-0.3, -0.25) is 19.0 Å². The number of methoxy groups -OCH3 is 1. The second-order valence-corrected chi connectivity index (χ2v) is 10.2. The topological polar surface area (TPSA) is 94.5 Å². The van der Waals surface area contributed by atoms with Gasteiger partial charge in [-0.1, -0.05) is 25.4 Å². The number of amides is 1. The highest BCUT2D eigenvalue weighted by molar-refractivity contribution is 7.98. The van der Waals surface area contributed by atoms with E-state index in [1.807, 2.05) is 20.1 Å². The Balaban J connectivity index is 2.14. The standard InChI is InChI=1S/C24H27ClN2O5S/c1-24(2)12-19-16(20(28)13-24)11-17(21(29)26-18(9-10-33-4)23(31)32-3)22(30)27(19)15-7-5-14(25)6-8-15/h5-8,11,18H,9-10,12-13H2,1-4H3,(H,26,29). The largest absolute Gasteiger partial charge is 0.467 e. The van der Waals surface area contributed by atoms with Gasteiger partial charge in [0.15, 0.2) is 5.78 Å². The van der Waals surface area contributed by atoms with Crippen LogP contribution in [0.25, 0.3) is 5.69 Å². The van der Waals surface area contributed by atoms with Crippen LogP contribution in [0.5, 0.6) is 0 Å². The third-order valence-electron chi connectivity index (χ3n) is 5.62. The van der Waals surface area contributed by atoms with E-state index in [1.165, 1.54) is 29.5 Å². The molecular formula is C24H27ClN2O5S. The quantitative estimate of drug-likeness (QED) is 0.595. The minimum atomic E-state index is -0.899. The normalized spacial score (nSPS) is 15.5. The lowest BCUT2D eigenvalue weighted by Crippen LogP contribution is -2.45. The molecule has 1 unspecified atom stereocenters. The fourth-order valence-corrected chi connectivity index (χ4v) is 4.60. The number of nitrogens with one attached hydrogen (secondary N) is 1. The van der Waals surface area contributed by atoms with Crippen LogP contribution in [0.4, 0.5) is 0 Å². The Morgan fingerprint density at radius 1 is 1.21 bits per heavy atom. The predicted molar refractivity (Wildman–Crippen MR) is 130 cm³/mol. The van der Waals surface area contributed by atoms with Crippen LogP contribution in [0.2, 0.25) is 5.02 Å². The maximum atomic E-state index is 13.6. The number of thioether (sulfide) groups is 1. The summed E-state index contributed by atoms with van der Waals surface area (Å²) in [7, 11) is 1.24. The maximum Gasteiger partial charge on any atom is 0.328 e. The number of nitrogens with zero attached hydrogens (tertiary/aromatic N) is 1. The molecule has 0 aliphatic heterocycles. The number of esters is 1. The van der Waals surface area contributed by atoms with Crippen LogP contribution in [0.15, 0.2) is 35.1 Å². The van der Waals surface area contributed by atoms with Crippen molar-refractivity contribution in [3.63, 3.8) is 0 Å². The Morgan fingerprint density at radius 3 is 2.48 bits per heavy atom. The van der Waals surface area contributed by atoms with Crippen LogP contribution in [-0.4, -0.2) is 47.4 Å². The zero-order chi connectivity index (χ0) is 24.3. The summed E-state index contributed by atoms with van der Waals surface area (Å²) < 4.78 is 6.21. The lowest BCUT2D eigenvalue weighted by atomic mass is 9.75. The fraction of sp³-hybridized carbons (Fsp3) is 0.417. The second-order valence-electron chi connectivity index (χ2n) is 8.81. The van der Waals surface area contributed by atoms with Crippen LogP contribution >= 0.6 is 23.4 Å². The number of rotatable bonds is 7. The summed E-state index contributed by atoms with van der Waals surface area (Å²) in [6.45, 7) is 3.94. The molecule has 0 spiro atoms. The van der Waals surface area contributed by atoms with Gasteiger partial charge in [-0.15, -0.1) is 0 Å². The van der Waals surface area contributed by atoms with Crippen LogP contribution in [0, 0.1) is 5.41 Å². The summed E-state index contributed by atoms with van der Waals surface area (Å²) in [6, 6.07) is 7.10. The van der Waals surface area contributed by atoms with Crippen molar-refractivity contribution in [2.75, 3.05) is 19.1 Å². The van der Waals surface area contributed by atoms with E-state index in [4.69, 9.17) is 16.3 Å². The Morgan fingerprint density at radius 2 is 1.88 bits per heavy atom. The maximum absolute atomic E-state index is 13.6. The van der Waals surface area contributed by atoms with Gasteiger partial charge in [-0.2, -0.15) is 11.8 Å². The third kappa shape index (κ3) is 5.50. The third-order valence-corrected chi connectivity index (χ3v) is 6.52. The number of pyridine rings is 1. The SMILES string of the molecule is COC(=O)C(CCSC)NC(=O)c1cc2c(n(-c3ccc(Cl)cc3)c1=O)CC(C)(C)CC2=O. The van der Waals surface area contributed by atoms with Crippen molar-refractivity contribution in [1.82, 2.24) is 9.88 Å². The average Bonchev–Trinajstić information content (AvgIpc) is 2.75. The van der Waals surface area contributed by atoms with E-state index in [1.54, 1.807) is 24.3 Å². The van der Waals surface area contributed by atoms with Crippen molar-refractivity contribution in [2.24, 2.45) is 5.41 Å². The molecule has 1 aliphatic carbocycles. The highest BCUT2D eigenvalue weighted by Gasteiger charge is 2.35. The minimum Gasteiger partial charge on any atom is -0.467 e. The first kappa shape index (κ1) is 25.1. The molecule has 0 saturated carbocycles. The van der Waals surface area contributed by atoms with Gasteiger partial charge in [0.05, 0.1) is 7.11 Å². The molecule has 3 rings (SSSR count). The van der Waals surface area contributed by atoms with Gasteiger partial charge in [0, 0.05) is 28.4 Å². The molecule has 1 atom stereocenters. The number of ketones is 1. The molecule has 1 aromatic carbocycles. The first-order chi connectivity index (χ1) is 15.6. The summed E-state index contributed by atoms with van der Waals surface area (Å²) in [5.41, 5.74) is 0.317. The van der Waals surface area contributed by atoms with Crippen LogP contribution in [0.3, 0.4) is 0 Å². The number of halogens is 1. The molecule has 1 N–H and O–H groups in total. The van der Waals surface area contributed by atoms with E-state index in [0.29, 0.717) is 47.0 Å². The molecular weight excluding hydrogens is 464 g/mol. The second kappa shape index (κ2) is 10.1. The van der Waals surface area contributed by atoms with E-state index >= 15 is 0 Å². The highest BCUT2D eigenvalue weighted by Crippen LogP contribution is 2.35. The van der Waals surface area contributed by atoms with Crippen molar-refractivity contribution < 1.29 is 19.1 Å². The molecule has 0 saturated heterocycles. The van der Waals surface area contributed by atoms with Crippen molar-refractivity contribution >= 4 is 41.0 Å². The number of carbonyl (C=O) groups excluding carboxylic acids is 3. The molecule has 33 heavy (non-hydrogen) atoms. The van der Waals surface area contributed by atoms with Crippen molar-refractivity contribution in [1.29, 1.82) is 0 Å². The lowest BCUT2D eigenvalue weighted by molar-refractivity contribution is -0.142. The number of carbonyl (C=O) groups is 3. The number of aromatic nitrogens is 1. The molecule has 9 heteroatoms. The lowest BCUT2D eigenvalue weighted by Gasteiger charge is -2.32.